The van der Waals surface area contributed by atoms with Crippen LogP contribution in [0.4, 0.5) is 5.69 Å². The van der Waals surface area contributed by atoms with Crippen LogP contribution < -0.4 is 4.90 Å². The molecular formula is C18H20N4O2. The van der Waals surface area contributed by atoms with Crippen molar-refractivity contribution in [2.24, 2.45) is 0 Å². The standard InChI is InChI=1S/C18H20N4O2/c1-2-20-10-11-21-12-14(19-16(21)18(20)24)17(23)22-9-5-7-13-6-3-4-8-15(13)22/h3-4,6,8,12H,2,5,7,9-11H2,1H3. The summed E-state index contributed by atoms with van der Waals surface area (Å²) in [5, 5.41) is 0. The van der Waals surface area contributed by atoms with Gasteiger partial charge in [0.05, 0.1) is 0 Å². The van der Waals surface area contributed by atoms with Gasteiger partial charge in [0.2, 0.25) is 0 Å². The third kappa shape index (κ3) is 2.29. The van der Waals surface area contributed by atoms with Gasteiger partial charge in [-0.25, -0.2) is 4.98 Å². The summed E-state index contributed by atoms with van der Waals surface area (Å²) in [6.07, 6.45) is 3.65. The van der Waals surface area contributed by atoms with Crippen LogP contribution >= 0.6 is 0 Å². The zero-order chi connectivity index (χ0) is 16.7. The first-order valence-corrected chi connectivity index (χ1v) is 8.45. The number of aromatic nitrogens is 2. The quantitative estimate of drug-likeness (QED) is 0.848. The number of para-hydroxylation sites is 1. The number of aryl methyl sites for hydroxylation is 1. The number of anilines is 1. The largest absolute Gasteiger partial charge is 0.334 e. The maximum Gasteiger partial charge on any atom is 0.289 e. The Morgan fingerprint density at radius 2 is 2.04 bits per heavy atom. The van der Waals surface area contributed by atoms with Gasteiger partial charge in [-0.1, -0.05) is 18.2 Å². The van der Waals surface area contributed by atoms with E-state index in [2.05, 4.69) is 11.1 Å². The number of carbonyl (C=O) groups excluding carboxylic acids is 2. The number of rotatable bonds is 2. The molecule has 0 bridgehead atoms. The van der Waals surface area contributed by atoms with Gasteiger partial charge in [0.25, 0.3) is 11.8 Å². The zero-order valence-corrected chi connectivity index (χ0v) is 13.7. The van der Waals surface area contributed by atoms with Crippen LogP contribution in [0.2, 0.25) is 0 Å². The van der Waals surface area contributed by atoms with Crippen molar-refractivity contribution >= 4 is 17.5 Å². The minimum absolute atomic E-state index is 0.0955. The first kappa shape index (κ1) is 14.9. The highest BCUT2D eigenvalue weighted by atomic mass is 16.2. The predicted octanol–water partition coefficient (Wildman–Crippen LogP) is 1.95. The molecule has 6 nitrogen and oxygen atoms in total. The Morgan fingerprint density at radius 1 is 1.21 bits per heavy atom. The Kier molecular flexibility index (Phi) is 3.59. The summed E-state index contributed by atoms with van der Waals surface area (Å²) >= 11 is 0. The molecule has 1 aromatic carbocycles. The van der Waals surface area contributed by atoms with E-state index in [-0.39, 0.29) is 11.8 Å². The average molecular weight is 324 g/mol. The van der Waals surface area contributed by atoms with Crippen molar-refractivity contribution in [2.75, 3.05) is 24.5 Å². The van der Waals surface area contributed by atoms with Crippen molar-refractivity contribution in [3.05, 3.63) is 47.5 Å². The van der Waals surface area contributed by atoms with Crippen molar-refractivity contribution in [2.45, 2.75) is 26.3 Å². The van der Waals surface area contributed by atoms with Crippen LogP contribution in [0.1, 0.15) is 40.0 Å². The minimum atomic E-state index is -0.125. The fourth-order valence-electron chi connectivity index (χ4n) is 3.52. The van der Waals surface area contributed by atoms with Gasteiger partial charge < -0.3 is 14.4 Å². The summed E-state index contributed by atoms with van der Waals surface area (Å²) in [6.45, 7) is 4.65. The van der Waals surface area contributed by atoms with E-state index in [1.165, 1.54) is 5.56 Å². The summed E-state index contributed by atoms with van der Waals surface area (Å²) in [4.78, 5) is 33.2. The van der Waals surface area contributed by atoms with E-state index in [1.54, 1.807) is 20.6 Å². The summed E-state index contributed by atoms with van der Waals surface area (Å²) in [5.74, 6) is 0.151. The molecule has 2 aromatic rings. The molecule has 124 valence electrons. The SMILES string of the molecule is CCN1CCn2cc(C(=O)N3CCCc4ccccc43)nc2C1=O. The second-order valence-corrected chi connectivity index (χ2v) is 6.22. The Morgan fingerprint density at radius 3 is 2.88 bits per heavy atom. The fraction of sp³-hybridized carbons (Fsp3) is 0.389. The smallest absolute Gasteiger partial charge is 0.289 e. The zero-order valence-electron chi connectivity index (χ0n) is 13.7. The molecule has 24 heavy (non-hydrogen) atoms. The molecule has 6 heteroatoms. The van der Waals surface area contributed by atoms with Crippen LogP contribution in [0.3, 0.4) is 0 Å². The minimum Gasteiger partial charge on any atom is -0.334 e. The number of amides is 2. The number of nitrogens with zero attached hydrogens (tertiary/aromatic N) is 4. The van der Waals surface area contributed by atoms with Gasteiger partial charge in [-0.05, 0) is 31.4 Å². The first-order chi connectivity index (χ1) is 11.7. The number of imidazole rings is 1. The van der Waals surface area contributed by atoms with Gasteiger partial charge in [-0.15, -0.1) is 0 Å². The number of benzene rings is 1. The van der Waals surface area contributed by atoms with Crippen molar-refractivity contribution in [1.82, 2.24) is 14.5 Å². The topological polar surface area (TPSA) is 58.4 Å². The lowest BCUT2D eigenvalue weighted by molar-refractivity contribution is 0.0707. The van der Waals surface area contributed by atoms with E-state index >= 15 is 0 Å². The van der Waals surface area contributed by atoms with E-state index in [0.29, 0.717) is 37.7 Å². The van der Waals surface area contributed by atoms with Gasteiger partial charge in [-0.2, -0.15) is 0 Å². The molecule has 0 aliphatic carbocycles. The van der Waals surface area contributed by atoms with Crippen LogP contribution in [-0.2, 0) is 13.0 Å². The van der Waals surface area contributed by atoms with Crippen LogP contribution in [0.15, 0.2) is 30.5 Å². The molecule has 0 radical (unpaired) electrons. The molecule has 0 saturated heterocycles. The average Bonchev–Trinajstić information content (AvgIpc) is 3.06. The highest BCUT2D eigenvalue weighted by Crippen LogP contribution is 2.28. The lowest BCUT2D eigenvalue weighted by Gasteiger charge is -2.28. The van der Waals surface area contributed by atoms with Crippen molar-refractivity contribution in [3.63, 3.8) is 0 Å². The Labute approximate surface area is 140 Å². The normalized spacial score (nSPS) is 16.8. The number of hydrogen-bond acceptors (Lipinski definition) is 3. The molecule has 0 N–H and O–H groups in total. The van der Waals surface area contributed by atoms with Crippen LogP contribution in [0, 0.1) is 0 Å². The van der Waals surface area contributed by atoms with Crippen molar-refractivity contribution < 1.29 is 9.59 Å². The molecule has 0 fully saturated rings. The molecule has 3 heterocycles. The van der Waals surface area contributed by atoms with Crippen LogP contribution in [0.5, 0.6) is 0 Å². The molecule has 0 saturated carbocycles. The van der Waals surface area contributed by atoms with Crippen molar-refractivity contribution in [3.8, 4) is 0 Å². The number of likely N-dealkylation sites (N-methyl/N-ethyl adjacent to an activating group) is 1. The lowest BCUT2D eigenvalue weighted by atomic mass is 10.0. The highest BCUT2D eigenvalue weighted by Gasteiger charge is 2.30. The van der Waals surface area contributed by atoms with Crippen molar-refractivity contribution in [1.29, 1.82) is 0 Å². The molecule has 2 aliphatic rings. The second kappa shape index (κ2) is 5.78. The molecule has 4 rings (SSSR count). The highest BCUT2D eigenvalue weighted by molar-refractivity contribution is 6.06. The number of fused-ring (bicyclic) bond motifs is 2. The summed E-state index contributed by atoms with van der Waals surface area (Å²) in [6, 6.07) is 7.99. The van der Waals surface area contributed by atoms with Crippen LogP contribution in [0.25, 0.3) is 0 Å². The van der Waals surface area contributed by atoms with E-state index in [0.717, 1.165) is 18.5 Å². The summed E-state index contributed by atoms with van der Waals surface area (Å²) < 4.78 is 1.80. The Hall–Kier alpha value is -2.63. The van der Waals surface area contributed by atoms with E-state index in [4.69, 9.17) is 0 Å². The van der Waals surface area contributed by atoms with Crippen LogP contribution in [-0.4, -0.2) is 45.9 Å². The molecule has 0 unspecified atom stereocenters. The van der Waals surface area contributed by atoms with E-state index in [9.17, 15) is 9.59 Å². The summed E-state index contributed by atoms with van der Waals surface area (Å²) in [5.41, 5.74) is 2.50. The predicted molar refractivity (Wildman–Crippen MR) is 90.2 cm³/mol. The van der Waals surface area contributed by atoms with Gasteiger partial charge in [0.15, 0.2) is 5.82 Å². The molecule has 1 aromatic heterocycles. The lowest BCUT2D eigenvalue weighted by Crippen LogP contribution is -2.40. The first-order valence-electron chi connectivity index (χ1n) is 8.45. The maximum atomic E-state index is 13.0. The maximum absolute atomic E-state index is 13.0. The van der Waals surface area contributed by atoms with E-state index < -0.39 is 0 Å². The monoisotopic (exact) mass is 324 g/mol. The molecule has 2 aliphatic heterocycles. The molecular weight excluding hydrogens is 304 g/mol. The van der Waals surface area contributed by atoms with Gasteiger partial charge in [0.1, 0.15) is 5.69 Å². The summed E-state index contributed by atoms with van der Waals surface area (Å²) in [7, 11) is 0. The fourth-order valence-corrected chi connectivity index (χ4v) is 3.52. The van der Waals surface area contributed by atoms with E-state index in [1.807, 2.05) is 25.1 Å². The molecule has 2 amide bonds. The van der Waals surface area contributed by atoms with Gasteiger partial charge >= 0.3 is 0 Å². The Balaban J connectivity index is 1.67. The molecule has 0 spiro atoms. The third-order valence-electron chi connectivity index (χ3n) is 4.82. The van der Waals surface area contributed by atoms with Gasteiger partial charge in [-0.3, -0.25) is 9.59 Å². The number of hydrogen-bond donors (Lipinski definition) is 0. The third-order valence-corrected chi connectivity index (χ3v) is 4.82. The molecule has 0 atom stereocenters. The van der Waals surface area contributed by atoms with Gasteiger partial charge in [0, 0.05) is 38.1 Å². The second-order valence-electron chi connectivity index (χ2n) is 6.22. The number of carbonyl (C=O) groups is 2. The Bertz CT molecular complexity index is 811.